The van der Waals surface area contributed by atoms with E-state index in [1.165, 1.54) is 0 Å². The third kappa shape index (κ3) is 5.91. The van der Waals surface area contributed by atoms with Gasteiger partial charge in [-0.3, -0.25) is 4.79 Å². The van der Waals surface area contributed by atoms with Crippen LogP contribution in [0.15, 0.2) is 42.2 Å². The number of hydrogen-bond acceptors (Lipinski definition) is 2. The SMILES string of the molecule is C[C@@H](c1ccccc1)N(C(=O)C(Cl)(Cl)Cl)[C@@H]1CC=C(O[Si](C)(C)C)CC1. The predicted molar refractivity (Wildman–Crippen MR) is 112 cm³/mol. The number of rotatable bonds is 5. The average Bonchev–Trinajstić information content (AvgIpc) is 2.55. The van der Waals surface area contributed by atoms with Gasteiger partial charge in [-0.05, 0) is 51.0 Å². The van der Waals surface area contributed by atoms with Crippen molar-refractivity contribution in [3.8, 4) is 0 Å². The van der Waals surface area contributed by atoms with E-state index < -0.39 is 18.0 Å². The first-order valence-electron chi connectivity index (χ1n) is 8.81. The van der Waals surface area contributed by atoms with E-state index in [1.807, 2.05) is 37.3 Å². The molecule has 0 unspecified atom stereocenters. The molecule has 7 heteroatoms. The number of amides is 1. The van der Waals surface area contributed by atoms with Crippen LogP contribution in [0.25, 0.3) is 0 Å². The molecular formula is C19H26Cl3NO2Si. The Kier molecular flexibility index (Phi) is 7.11. The Morgan fingerprint density at radius 1 is 1.23 bits per heavy atom. The third-order valence-corrected chi connectivity index (χ3v) is 5.71. The van der Waals surface area contributed by atoms with Crippen molar-refractivity contribution in [3.63, 3.8) is 0 Å². The third-order valence-electron chi connectivity index (χ3n) is 4.35. The number of nitrogens with zero attached hydrogens (tertiary/aromatic N) is 1. The fourth-order valence-electron chi connectivity index (χ4n) is 3.23. The van der Waals surface area contributed by atoms with Crippen molar-refractivity contribution in [3.05, 3.63) is 47.7 Å². The highest BCUT2D eigenvalue weighted by atomic mass is 35.6. The van der Waals surface area contributed by atoms with Crippen molar-refractivity contribution >= 4 is 49.0 Å². The predicted octanol–water partition coefficient (Wildman–Crippen LogP) is 6.23. The van der Waals surface area contributed by atoms with Gasteiger partial charge in [0.05, 0.1) is 11.8 Å². The second-order valence-electron chi connectivity index (χ2n) is 7.61. The van der Waals surface area contributed by atoms with E-state index in [2.05, 4.69) is 25.7 Å². The number of halogens is 3. The molecule has 0 heterocycles. The van der Waals surface area contributed by atoms with E-state index in [0.29, 0.717) is 6.42 Å². The molecule has 0 saturated heterocycles. The van der Waals surface area contributed by atoms with Gasteiger partial charge < -0.3 is 9.33 Å². The van der Waals surface area contributed by atoms with Crippen molar-refractivity contribution in [1.82, 2.24) is 4.90 Å². The van der Waals surface area contributed by atoms with E-state index in [4.69, 9.17) is 39.2 Å². The molecule has 0 saturated carbocycles. The maximum absolute atomic E-state index is 12.9. The van der Waals surface area contributed by atoms with Gasteiger partial charge in [-0.15, -0.1) is 0 Å². The lowest BCUT2D eigenvalue weighted by molar-refractivity contribution is -0.135. The summed E-state index contributed by atoms with van der Waals surface area (Å²) in [6.45, 7) is 8.46. The number of allylic oxidation sites excluding steroid dienone is 1. The van der Waals surface area contributed by atoms with Gasteiger partial charge in [0.1, 0.15) is 0 Å². The topological polar surface area (TPSA) is 29.5 Å². The van der Waals surface area contributed by atoms with Crippen LogP contribution in [-0.2, 0) is 9.22 Å². The summed E-state index contributed by atoms with van der Waals surface area (Å²) in [4.78, 5) is 14.6. The van der Waals surface area contributed by atoms with E-state index in [1.54, 1.807) is 4.90 Å². The Morgan fingerprint density at radius 2 is 1.85 bits per heavy atom. The van der Waals surface area contributed by atoms with Gasteiger partial charge in [-0.1, -0.05) is 65.1 Å². The molecule has 26 heavy (non-hydrogen) atoms. The maximum atomic E-state index is 12.9. The quantitative estimate of drug-likeness (QED) is 0.406. The Labute approximate surface area is 172 Å². The molecule has 1 aliphatic carbocycles. The van der Waals surface area contributed by atoms with E-state index in [9.17, 15) is 4.79 Å². The number of alkyl halides is 3. The van der Waals surface area contributed by atoms with Gasteiger partial charge in [0.2, 0.25) is 8.32 Å². The summed E-state index contributed by atoms with van der Waals surface area (Å²) in [5.41, 5.74) is 1.02. The summed E-state index contributed by atoms with van der Waals surface area (Å²) < 4.78 is 4.13. The molecule has 0 aromatic heterocycles. The zero-order valence-electron chi connectivity index (χ0n) is 15.6. The van der Waals surface area contributed by atoms with Crippen molar-refractivity contribution in [2.24, 2.45) is 0 Å². The largest absolute Gasteiger partial charge is 0.548 e. The number of carbonyl (C=O) groups is 1. The van der Waals surface area contributed by atoms with Crippen molar-refractivity contribution in [2.75, 3.05) is 0 Å². The van der Waals surface area contributed by atoms with Crippen LogP contribution >= 0.6 is 34.8 Å². The summed E-state index contributed by atoms with van der Waals surface area (Å²) in [5.74, 6) is 0.542. The molecule has 0 radical (unpaired) electrons. The Bertz CT molecular complexity index is 653. The highest BCUT2D eigenvalue weighted by Crippen LogP contribution is 2.37. The first kappa shape index (κ1) is 21.6. The summed E-state index contributed by atoms with van der Waals surface area (Å²) in [7, 11) is -1.63. The van der Waals surface area contributed by atoms with E-state index in [0.717, 1.165) is 24.2 Å². The number of hydrogen-bond donors (Lipinski definition) is 0. The molecule has 0 spiro atoms. The van der Waals surface area contributed by atoms with Gasteiger partial charge in [0.15, 0.2) is 0 Å². The second kappa shape index (κ2) is 8.55. The molecule has 3 nitrogen and oxygen atoms in total. The van der Waals surface area contributed by atoms with E-state index >= 15 is 0 Å². The van der Waals surface area contributed by atoms with Gasteiger partial charge in [0, 0.05) is 12.5 Å². The highest BCUT2D eigenvalue weighted by molar-refractivity contribution is 6.76. The van der Waals surface area contributed by atoms with Gasteiger partial charge in [0.25, 0.3) is 9.70 Å². The summed E-state index contributed by atoms with van der Waals surface area (Å²) in [5, 5.41) is 0. The minimum atomic E-state index is -1.97. The average molecular weight is 435 g/mol. The molecular weight excluding hydrogens is 409 g/mol. The van der Waals surface area contributed by atoms with Crippen LogP contribution in [0.3, 0.4) is 0 Å². The minimum Gasteiger partial charge on any atom is -0.548 e. The molecule has 1 aliphatic rings. The smallest absolute Gasteiger partial charge is 0.275 e. The van der Waals surface area contributed by atoms with Crippen LogP contribution in [0.1, 0.15) is 37.8 Å². The summed E-state index contributed by atoms with van der Waals surface area (Å²) in [6.07, 6.45) is 4.37. The minimum absolute atomic E-state index is 0.0256. The highest BCUT2D eigenvalue weighted by Gasteiger charge is 2.41. The normalized spacial score (nSPS) is 19.5. The first-order chi connectivity index (χ1) is 12.0. The Hall–Kier alpha value is -0.683. The number of benzene rings is 1. The van der Waals surface area contributed by atoms with Crippen LogP contribution in [0.4, 0.5) is 0 Å². The lowest BCUT2D eigenvalue weighted by Crippen LogP contribution is -2.48. The van der Waals surface area contributed by atoms with Crippen LogP contribution < -0.4 is 0 Å². The van der Waals surface area contributed by atoms with Gasteiger partial charge >= 0.3 is 0 Å². The fraction of sp³-hybridized carbons (Fsp3) is 0.526. The van der Waals surface area contributed by atoms with Crippen LogP contribution in [0.2, 0.25) is 19.6 Å². The summed E-state index contributed by atoms with van der Waals surface area (Å²) in [6, 6.07) is 9.61. The molecule has 0 bridgehead atoms. The second-order valence-corrected chi connectivity index (χ2v) is 14.3. The zero-order chi connectivity index (χ0) is 19.5. The van der Waals surface area contributed by atoms with Crippen molar-refractivity contribution < 1.29 is 9.22 Å². The van der Waals surface area contributed by atoms with E-state index in [-0.39, 0.29) is 12.1 Å². The fourth-order valence-corrected chi connectivity index (χ4v) is 4.50. The zero-order valence-corrected chi connectivity index (χ0v) is 18.9. The molecule has 0 N–H and O–H groups in total. The Morgan fingerprint density at radius 3 is 2.31 bits per heavy atom. The first-order valence-corrected chi connectivity index (χ1v) is 13.4. The molecule has 0 fully saturated rings. The molecule has 1 aromatic carbocycles. The molecule has 144 valence electrons. The van der Waals surface area contributed by atoms with Crippen molar-refractivity contribution in [1.29, 1.82) is 0 Å². The van der Waals surface area contributed by atoms with Crippen LogP contribution in [0.5, 0.6) is 0 Å². The summed E-state index contributed by atoms with van der Waals surface area (Å²) >= 11 is 17.9. The van der Waals surface area contributed by atoms with Gasteiger partial charge in [-0.2, -0.15) is 0 Å². The molecule has 0 aliphatic heterocycles. The molecule has 1 amide bonds. The maximum Gasteiger partial charge on any atom is 0.275 e. The lowest BCUT2D eigenvalue weighted by atomic mass is 9.95. The van der Waals surface area contributed by atoms with Crippen molar-refractivity contribution in [2.45, 2.75) is 61.7 Å². The standard InChI is InChI=1S/C19H26Cl3NO2Si/c1-14(15-8-6-5-7-9-15)23(18(24)19(20,21)22)16-10-12-17(13-11-16)25-26(2,3)4/h5-9,12,14,16H,10-11,13H2,1-4H3/t14-,16+/m0/s1. The van der Waals surface area contributed by atoms with Crippen LogP contribution in [-0.4, -0.2) is 29.0 Å². The molecule has 2 atom stereocenters. The lowest BCUT2D eigenvalue weighted by Gasteiger charge is -2.40. The molecule has 1 aromatic rings. The molecule has 2 rings (SSSR count). The van der Waals surface area contributed by atoms with Crippen LogP contribution in [0, 0.1) is 0 Å². The monoisotopic (exact) mass is 433 g/mol. The number of carbonyl (C=O) groups excluding carboxylic acids is 1. The Balaban J connectivity index is 2.24. The van der Waals surface area contributed by atoms with Gasteiger partial charge in [-0.25, -0.2) is 0 Å².